The Morgan fingerprint density at radius 2 is 1.81 bits per heavy atom. The van der Waals surface area contributed by atoms with E-state index < -0.39 is 17.9 Å². The predicted octanol–water partition coefficient (Wildman–Crippen LogP) is 5.01. The molecule has 6 nitrogen and oxygen atoms in total. The Kier molecular flexibility index (Phi) is 6.32. The molecule has 1 aliphatic rings. The summed E-state index contributed by atoms with van der Waals surface area (Å²) in [6.45, 7) is 0. The summed E-state index contributed by atoms with van der Waals surface area (Å²) in [5, 5.41) is 13.5. The summed E-state index contributed by atoms with van der Waals surface area (Å²) in [6.07, 6.45) is 1.60. The highest BCUT2D eigenvalue weighted by atomic mass is 35.5. The molecule has 1 saturated heterocycles. The fourth-order valence-electron chi connectivity index (χ4n) is 3.38. The molecule has 9 heteroatoms. The second kappa shape index (κ2) is 9.16. The van der Waals surface area contributed by atoms with E-state index in [1.807, 2.05) is 18.2 Å². The summed E-state index contributed by atoms with van der Waals surface area (Å²) in [5.41, 5.74) is 1.59. The van der Waals surface area contributed by atoms with Gasteiger partial charge in [0.15, 0.2) is 5.11 Å². The van der Waals surface area contributed by atoms with Crippen molar-refractivity contribution >= 4 is 58.5 Å². The molecule has 1 unspecified atom stereocenters. The summed E-state index contributed by atoms with van der Waals surface area (Å²) < 4.78 is 5.80. The lowest BCUT2D eigenvalue weighted by Gasteiger charge is -2.22. The molecule has 162 valence electrons. The minimum absolute atomic E-state index is 0.0259. The van der Waals surface area contributed by atoms with Crippen molar-refractivity contribution in [1.29, 1.82) is 0 Å². The van der Waals surface area contributed by atoms with E-state index in [0.717, 1.165) is 10.5 Å². The summed E-state index contributed by atoms with van der Waals surface area (Å²) in [6, 6.07) is 16.3. The highest BCUT2D eigenvalue weighted by Crippen LogP contribution is 2.29. The van der Waals surface area contributed by atoms with Crippen LogP contribution in [-0.4, -0.2) is 33.0 Å². The first-order valence-corrected chi connectivity index (χ1v) is 10.7. The zero-order valence-electron chi connectivity index (χ0n) is 16.4. The molecule has 0 saturated carbocycles. The van der Waals surface area contributed by atoms with Crippen molar-refractivity contribution in [2.45, 2.75) is 12.5 Å². The van der Waals surface area contributed by atoms with E-state index in [4.69, 9.17) is 39.8 Å². The van der Waals surface area contributed by atoms with E-state index in [-0.39, 0.29) is 17.2 Å². The number of carbonyl (C=O) groups is 2. The fourth-order valence-corrected chi connectivity index (χ4v) is 4.23. The first kappa shape index (κ1) is 22.1. The Labute approximate surface area is 199 Å². The molecule has 32 heavy (non-hydrogen) atoms. The maximum atomic E-state index is 13.0. The van der Waals surface area contributed by atoms with Gasteiger partial charge in [-0.25, -0.2) is 4.79 Å². The summed E-state index contributed by atoms with van der Waals surface area (Å²) >= 11 is 17.4. The molecule has 2 aromatic carbocycles. The summed E-state index contributed by atoms with van der Waals surface area (Å²) in [7, 11) is 0. The third-order valence-electron chi connectivity index (χ3n) is 4.84. The Morgan fingerprint density at radius 1 is 1.12 bits per heavy atom. The van der Waals surface area contributed by atoms with Gasteiger partial charge in [0.1, 0.15) is 23.3 Å². The van der Waals surface area contributed by atoms with Gasteiger partial charge < -0.3 is 14.8 Å². The Balaban J connectivity index is 1.58. The van der Waals surface area contributed by atoms with Gasteiger partial charge in [0, 0.05) is 28.1 Å². The lowest BCUT2D eigenvalue weighted by Crippen LogP contribution is -2.46. The van der Waals surface area contributed by atoms with Crippen molar-refractivity contribution < 1.29 is 19.1 Å². The van der Waals surface area contributed by atoms with Crippen LogP contribution in [0.1, 0.15) is 11.3 Å². The van der Waals surface area contributed by atoms with Crippen LogP contribution in [0.15, 0.2) is 70.8 Å². The van der Waals surface area contributed by atoms with Crippen molar-refractivity contribution in [3.8, 4) is 11.3 Å². The van der Waals surface area contributed by atoms with Crippen LogP contribution in [-0.2, 0) is 16.0 Å². The number of benzene rings is 2. The van der Waals surface area contributed by atoms with Crippen LogP contribution in [0.25, 0.3) is 17.4 Å². The monoisotopic (exact) mass is 486 g/mol. The number of furan rings is 1. The van der Waals surface area contributed by atoms with Crippen LogP contribution in [0.5, 0.6) is 0 Å². The van der Waals surface area contributed by atoms with Gasteiger partial charge in [-0.2, -0.15) is 0 Å². The summed E-state index contributed by atoms with van der Waals surface area (Å²) in [4.78, 5) is 26.0. The lowest BCUT2D eigenvalue weighted by atomic mass is 10.0. The number of halogens is 2. The molecule has 0 radical (unpaired) electrons. The average Bonchev–Trinajstić information content (AvgIpc) is 3.31. The van der Waals surface area contributed by atoms with Crippen molar-refractivity contribution in [2.75, 3.05) is 0 Å². The molecular weight excluding hydrogens is 471 g/mol. The van der Waals surface area contributed by atoms with Gasteiger partial charge in [-0.3, -0.25) is 9.69 Å². The smallest absolute Gasteiger partial charge is 0.327 e. The highest BCUT2D eigenvalue weighted by molar-refractivity contribution is 7.80. The number of hydrogen-bond donors (Lipinski definition) is 2. The molecule has 1 aromatic heterocycles. The molecule has 0 aliphatic carbocycles. The molecule has 1 amide bonds. The number of aliphatic carboxylic acids is 1. The van der Waals surface area contributed by atoms with Crippen LogP contribution in [0.3, 0.4) is 0 Å². The second-order valence-electron chi connectivity index (χ2n) is 7.07. The third-order valence-corrected chi connectivity index (χ3v) is 5.57. The van der Waals surface area contributed by atoms with Crippen molar-refractivity contribution in [3.63, 3.8) is 0 Å². The van der Waals surface area contributed by atoms with Crippen molar-refractivity contribution in [3.05, 3.63) is 87.7 Å². The van der Waals surface area contributed by atoms with Crippen LogP contribution in [0.2, 0.25) is 10.0 Å². The van der Waals surface area contributed by atoms with Crippen molar-refractivity contribution in [2.24, 2.45) is 0 Å². The number of carboxylic acids is 1. The van der Waals surface area contributed by atoms with Crippen molar-refractivity contribution in [1.82, 2.24) is 10.2 Å². The Morgan fingerprint density at radius 3 is 2.47 bits per heavy atom. The van der Waals surface area contributed by atoms with Gasteiger partial charge in [0.05, 0.1) is 0 Å². The molecule has 1 aliphatic heterocycles. The molecule has 1 fully saturated rings. The van der Waals surface area contributed by atoms with Gasteiger partial charge in [0.2, 0.25) is 0 Å². The Bertz CT molecular complexity index is 1220. The fraction of sp³-hybridized carbons (Fsp3) is 0.0870. The zero-order chi connectivity index (χ0) is 22.8. The quantitative estimate of drug-likeness (QED) is 0.376. The molecule has 0 bridgehead atoms. The van der Waals surface area contributed by atoms with Gasteiger partial charge >= 0.3 is 5.97 Å². The van der Waals surface area contributed by atoms with E-state index in [2.05, 4.69) is 5.32 Å². The largest absolute Gasteiger partial charge is 0.480 e. The third kappa shape index (κ3) is 4.70. The van der Waals surface area contributed by atoms with Crippen LogP contribution in [0, 0.1) is 0 Å². The minimum Gasteiger partial charge on any atom is -0.480 e. The Hall–Kier alpha value is -3.13. The van der Waals surface area contributed by atoms with Gasteiger partial charge in [0.25, 0.3) is 5.91 Å². The van der Waals surface area contributed by atoms with E-state index in [1.54, 1.807) is 42.5 Å². The standard InChI is InChI=1S/C23H16Cl2N2O4S/c24-15-9-14(10-16(25)11-15)20-7-6-17(31-20)12-18-21(28)27(23(32)26-18)19(22(29)30)8-13-4-2-1-3-5-13/h1-7,9-12,19H,8H2,(H,26,32)(H,29,30)/b18-12+. The van der Waals surface area contributed by atoms with E-state index in [9.17, 15) is 14.7 Å². The van der Waals surface area contributed by atoms with Gasteiger partial charge in [-0.1, -0.05) is 53.5 Å². The molecule has 1 atom stereocenters. The number of nitrogens with one attached hydrogen (secondary N) is 1. The van der Waals surface area contributed by atoms with Crippen LogP contribution < -0.4 is 5.32 Å². The molecule has 4 rings (SSSR count). The van der Waals surface area contributed by atoms with E-state index >= 15 is 0 Å². The molecule has 2 N–H and O–H groups in total. The van der Waals surface area contributed by atoms with Gasteiger partial charge in [-0.05, 0) is 48.1 Å². The minimum atomic E-state index is -1.15. The molecule has 0 spiro atoms. The van der Waals surface area contributed by atoms with E-state index in [1.165, 1.54) is 6.08 Å². The number of amides is 1. The average molecular weight is 487 g/mol. The number of nitrogens with zero attached hydrogens (tertiary/aromatic N) is 1. The number of rotatable bonds is 6. The number of thiocarbonyl (C=S) groups is 1. The number of carboxylic acid groups (broad SMARTS) is 1. The first-order valence-electron chi connectivity index (χ1n) is 9.51. The predicted molar refractivity (Wildman–Crippen MR) is 126 cm³/mol. The molecule has 2 heterocycles. The maximum Gasteiger partial charge on any atom is 0.327 e. The topological polar surface area (TPSA) is 82.8 Å². The van der Waals surface area contributed by atoms with Crippen LogP contribution in [0.4, 0.5) is 0 Å². The van der Waals surface area contributed by atoms with Gasteiger partial charge in [-0.15, -0.1) is 0 Å². The highest BCUT2D eigenvalue weighted by Gasteiger charge is 2.39. The second-order valence-corrected chi connectivity index (χ2v) is 8.33. The normalized spacial score (nSPS) is 15.8. The maximum absolute atomic E-state index is 13.0. The zero-order valence-corrected chi connectivity index (χ0v) is 18.7. The summed E-state index contributed by atoms with van der Waals surface area (Å²) in [5.74, 6) is -0.794. The van der Waals surface area contributed by atoms with Crippen LogP contribution >= 0.6 is 35.4 Å². The lowest BCUT2D eigenvalue weighted by molar-refractivity contribution is -0.145. The molecule has 3 aromatic rings. The molecular formula is C23H16Cl2N2O4S. The van der Waals surface area contributed by atoms with E-state index in [0.29, 0.717) is 27.1 Å². The first-order chi connectivity index (χ1) is 15.3. The SMILES string of the molecule is O=C(O)C(Cc1ccccc1)N1C(=O)/C(=C\c2ccc(-c3cc(Cl)cc(Cl)c3)o2)NC1=S. The number of hydrogen-bond acceptors (Lipinski definition) is 4. The number of carbonyl (C=O) groups excluding carboxylic acids is 1.